The van der Waals surface area contributed by atoms with Crippen LogP contribution >= 0.6 is 23.2 Å². The number of nitrogens with zero attached hydrogens (tertiary/aromatic N) is 2. The standard InChI is InChI=1S/C36H39Cl2N3O4S/c1-4-27-18-20-29(21-19-27)41(46(44,45)30-14-9-6-10-15-30)25-35(42)40(24-31-32(37)16-11-17-33(31)38)34(36(43)39-23-26(2)3)22-28-12-7-5-8-13-28/h5-21,26,34H,4,22-25H2,1-3H3,(H,39,43). The summed E-state index contributed by atoms with van der Waals surface area (Å²) >= 11 is 13.2. The minimum absolute atomic E-state index is 0.0404. The molecule has 0 aliphatic heterocycles. The lowest BCUT2D eigenvalue weighted by molar-refractivity contribution is -0.140. The highest BCUT2D eigenvalue weighted by atomic mass is 35.5. The second-order valence-corrected chi connectivity index (χ2v) is 14.1. The molecule has 0 radical (unpaired) electrons. The maximum Gasteiger partial charge on any atom is 0.264 e. The molecule has 0 spiro atoms. The molecular weight excluding hydrogens is 641 g/mol. The van der Waals surface area contributed by atoms with Crippen LogP contribution in [0.5, 0.6) is 0 Å². The number of aryl methyl sites for hydroxylation is 1. The summed E-state index contributed by atoms with van der Waals surface area (Å²) in [4.78, 5) is 29.9. The Bertz CT molecular complexity index is 1700. The minimum atomic E-state index is -4.18. The van der Waals surface area contributed by atoms with Crippen LogP contribution in [0.2, 0.25) is 10.0 Å². The molecule has 1 unspecified atom stereocenters. The van der Waals surface area contributed by atoms with Crippen molar-refractivity contribution in [3.8, 4) is 0 Å². The first-order valence-corrected chi connectivity index (χ1v) is 17.4. The topological polar surface area (TPSA) is 86.8 Å². The van der Waals surface area contributed by atoms with E-state index in [9.17, 15) is 18.0 Å². The summed E-state index contributed by atoms with van der Waals surface area (Å²) < 4.78 is 29.3. The minimum Gasteiger partial charge on any atom is -0.354 e. The van der Waals surface area contributed by atoms with Crippen LogP contribution in [-0.4, -0.2) is 44.3 Å². The third kappa shape index (κ3) is 8.90. The van der Waals surface area contributed by atoms with Crippen LogP contribution in [-0.2, 0) is 39.0 Å². The van der Waals surface area contributed by atoms with Crippen molar-refractivity contribution < 1.29 is 18.0 Å². The monoisotopic (exact) mass is 679 g/mol. The van der Waals surface area contributed by atoms with Gasteiger partial charge >= 0.3 is 0 Å². The first-order chi connectivity index (χ1) is 22.0. The molecule has 0 bridgehead atoms. The fourth-order valence-corrected chi connectivity index (χ4v) is 6.93. The molecule has 0 saturated carbocycles. The molecule has 46 heavy (non-hydrogen) atoms. The number of benzene rings is 4. The van der Waals surface area contributed by atoms with Crippen molar-refractivity contribution in [3.05, 3.63) is 130 Å². The number of amides is 2. The zero-order chi connectivity index (χ0) is 33.3. The Morgan fingerprint density at radius 1 is 0.783 bits per heavy atom. The van der Waals surface area contributed by atoms with Gasteiger partial charge in [-0.2, -0.15) is 0 Å². The maximum atomic E-state index is 14.6. The van der Waals surface area contributed by atoms with E-state index in [1.807, 2.05) is 63.2 Å². The molecule has 242 valence electrons. The van der Waals surface area contributed by atoms with E-state index in [1.54, 1.807) is 48.5 Å². The maximum absolute atomic E-state index is 14.6. The van der Waals surface area contributed by atoms with E-state index in [4.69, 9.17) is 23.2 Å². The predicted octanol–water partition coefficient (Wildman–Crippen LogP) is 7.16. The van der Waals surface area contributed by atoms with Gasteiger partial charge in [0.15, 0.2) is 0 Å². The summed E-state index contributed by atoms with van der Waals surface area (Å²) in [6, 6.07) is 28.4. The summed E-state index contributed by atoms with van der Waals surface area (Å²) in [6.45, 7) is 5.69. The van der Waals surface area contributed by atoms with Crippen LogP contribution < -0.4 is 9.62 Å². The first-order valence-electron chi connectivity index (χ1n) is 15.2. The lowest BCUT2D eigenvalue weighted by Gasteiger charge is -2.34. The molecule has 0 aliphatic carbocycles. The highest BCUT2D eigenvalue weighted by molar-refractivity contribution is 7.92. The number of carbonyl (C=O) groups is 2. The van der Waals surface area contributed by atoms with E-state index < -0.39 is 28.5 Å². The van der Waals surface area contributed by atoms with Gasteiger partial charge in [0.1, 0.15) is 12.6 Å². The van der Waals surface area contributed by atoms with Gasteiger partial charge in [0.05, 0.1) is 10.6 Å². The van der Waals surface area contributed by atoms with Gasteiger partial charge < -0.3 is 10.2 Å². The molecule has 1 N–H and O–H groups in total. The van der Waals surface area contributed by atoms with Crippen LogP contribution in [0.1, 0.15) is 37.5 Å². The molecule has 4 aromatic carbocycles. The smallest absolute Gasteiger partial charge is 0.264 e. The molecule has 0 heterocycles. The summed E-state index contributed by atoms with van der Waals surface area (Å²) in [5.41, 5.74) is 2.64. The molecule has 0 fully saturated rings. The highest BCUT2D eigenvalue weighted by Gasteiger charge is 2.35. The van der Waals surface area contributed by atoms with Crippen molar-refractivity contribution in [2.24, 2.45) is 5.92 Å². The summed E-state index contributed by atoms with van der Waals surface area (Å²) in [5, 5.41) is 3.63. The molecule has 2 amide bonds. The number of hydrogen-bond acceptors (Lipinski definition) is 4. The molecule has 4 aromatic rings. The molecule has 7 nitrogen and oxygen atoms in total. The molecule has 4 rings (SSSR count). The number of carbonyl (C=O) groups excluding carboxylic acids is 2. The van der Waals surface area contributed by atoms with E-state index >= 15 is 0 Å². The van der Waals surface area contributed by atoms with Crippen LogP contribution in [0.25, 0.3) is 0 Å². The van der Waals surface area contributed by atoms with Crippen molar-refractivity contribution in [1.29, 1.82) is 0 Å². The molecule has 0 saturated heterocycles. The number of nitrogens with one attached hydrogen (secondary N) is 1. The Kier molecular flexibility index (Phi) is 12.3. The SMILES string of the molecule is CCc1ccc(N(CC(=O)N(Cc2c(Cl)cccc2Cl)C(Cc2ccccc2)C(=O)NCC(C)C)S(=O)(=O)c2ccccc2)cc1. The second-order valence-electron chi connectivity index (χ2n) is 11.4. The molecule has 10 heteroatoms. The highest BCUT2D eigenvalue weighted by Crippen LogP contribution is 2.29. The Labute approximate surface area is 282 Å². The van der Waals surface area contributed by atoms with Crippen LogP contribution in [0.3, 0.4) is 0 Å². The third-order valence-corrected chi connectivity index (χ3v) is 10.1. The van der Waals surface area contributed by atoms with Gasteiger partial charge in [-0.15, -0.1) is 0 Å². The first kappa shape index (κ1) is 35.0. The van der Waals surface area contributed by atoms with Gasteiger partial charge in [-0.05, 0) is 59.9 Å². The Hall–Kier alpha value is -3.85. The van der Waals surface area contributed by atoms with E-state index in [-0.39, 0.29) is 29.7 Å². The Morgan fingerprint density at radius 3 is 1.93 bits per heavy atom. The molecule has 0 aromatic heterocycles. The Morgan fingerprint density at radius 2 is 1.37 bits per heavy atom. The third-order valence-electron chi connectivity index (χ3n) is 7.59. The van der Waals surface area contributed by atoms with Crippen molar-refractivity contribution in [2.75, 3.05) is 17.4 Å². The van der Waals surface area contributed by atoms with Gasteiger partial charge in [0, 0.05) is 35.1 Å². The number of hydrogen-bond donors (Lipinski definition) is 1. The van der Waals surface area contributed by atoms with Gasteiger partial charge in [-0.3, -0.25) is 13.9 Å². The van der Waals surface area contributed by atoms with Gasteiger partial charge in [0.25, 0.3) is 10.0 Å². The van der Waals surface area contributed by atoms with Crippen molar-refractivity contribution >= 4 is 50.7 Å². The molecular formula is C36H39Cl2N3O4S. The van der Waals surface area contributed by atoms with Gasteiger partial charge in [0.2, 0.25) is 11.8 Å². The Balaban J connectivity index is 1.82. The molecule has 0 aliphatic rings. The van der Waals surface area contributed by atoms with Crippen molar-refractivity contribution in [1.82, 2.24) is 10.2 Å². The van der Waals surface area contributed by atoms with Crippen LogP contribution in [0.4, 0.5) is 5.69 Å². The second kappa shape index (κ2) is 16.1. The zero-order valence-corrected chi connectivity index (χ0v) is 28.5. The largest absolute Gasteiger partial charge is 0.354 e. The molecule has 1 atom stereocenters. The van der Waals surface area contributed by atoms with Crippen LogP contribution in [0.15, 0.2) is 108 Å². The van der Waals surface area contributed by atoms with Crippen molar-refractivity contribution in [3.63, 3.8) is 0 Å². The van der Waals surface area contributed by atoms with Crippen LogP contribution in [0, 0.1) is 5.92 Å². The average Bonchev–Trinajstić information content (AvgIpc) is 3.06. The van der Waals surface area contributed by atoms with Crippen molar-refractivity contribution in [2.45, 2.75) is 51.1 Å². The zero-order valence-electron chi connectivity index (χ0n) is 26.2. The quantitative estimate of drug-likeness (QED) is 0.153. The lowest BCUT2D eigenvalue weighted by atomic mass is 10.0. The van der Waals surface area contributed by atoms with Gasteiger partial charge in [-0.1, -0.05) is 111 Å². The number of anilines is 1. The number of rotatable bonds is 14. The summed E-state index contributed by atoms with van der Waals surface area (Å²) in [6.07, 6.45) is 0.957. The number of halogens is 2. The van der Waals surface area contributed by atoms with E-state index in [1.165, 1.54) is 17.0 Å². The predicted molar refractivity (Wildman–Crippen MR) is 186 cm³/mol. The lowest BCUT2D eigenvalue weighted by Crippen LogP contribution is -2.53. The fraction of sp³-hybridized carbons (Fsp3) is 0.278. The summed E-state index contributed by atoms with van der Waals surface area (Å²) in [7, 11) is -4.18. The normalized spacial score (nSPS) is 12.0. The summed E-state index contributed by atoms with van der Waals surface area (Å²) in [5.74, 6) is -0.782. The number of sulfonamides is 1. The van der Waals surface area contributed by atoms with Gasteiger partial charge in [-0.25, -0.2) is 8.42 Å². The van der Waals surface area contributed by atoms with E-state index in [0.717, 1.165) is 21.9 Å². The van der Waals surface area contributed by atoms with E-state index in [2.05, 4.69) is 5.32 Å². The van der Waals surface area contributed by atoms with E-state index in [0.29, 0.717) is 27.8 Å². The average molecular weight is 681 g/mol. The fourth-order valence-electron chi connectivity index (χ4n) is 4.98.